The fraction of sp³-hybridized carbons (Fsp3) is 0.107. The maximum absolute atomic E-state index is 13.0. The van der Waals surface area contributed by atoms with Gasteiger partial charge < -0.3 is 8.94 Å². The molecule has 3 aromatic carbocycles. The van der Waals surface area contributed by atoms with Crippen LogP contribution in [0.25, 0.3) is 33.4 Å². The topological polar surface area (TPSA) is 92.1 Å². The quantitative estimate of drug-likeness (QED) is 0.335. The van der Waals surface area contributed by atoms with Crippen molar-refractivity contribution in [1.29, 1.82) is 5.26 Å². The Balaban J connectivity index is 1.53. The summed E-state index contributed by atoms with van der Waals surface area (Å²) >= 11 is 0. The average Bonchev–Trinajstić information content (AvgIpc) is 3.41. The van der Waals surface area contributed by atoms with E-state index >= 15 is 0 Å². The first kappa shape index (κ1) is 21.2. The van der Waals surface area contributed by atoms with Crippen molar-refractivity contribution in [3.63, 3.8) is 0 Å². The lowest BCUT2D eigenvalue weighted by atomic mass is 9.98. The molecule has 0 spiro atoms. The van der Waals surface area contributed by atoms with E-state index in [2.05, 4.69) is 16.5 Å². The monoisotopic (exact) mass is 447 g/mol. The lowest BCUT2D eigenvalue weighted by Gasteiger charge is -2.03. The third-order valence-electron chi connectivity index (χ3n) is 5.68. The van der Waals surface area contributed by atoms with Gasteiger partial charge in [-0.2, -0.15) is 5.26 Å². The number of benzene rings is 3. The molecular weight excluding hydrogens is 426 g/mol. The van der Waals surface area contributed by atoms with Crippen LogP contribution in [0.4, 0.5) is 5.88 Å². The van der Waals surface area contributed by atoms with Gasteiger partial charge in [0.05, 0.1) is 6.42 Å². The highest BCUT2D eigenvalue weighted by molar-refractivity contribution is 5.98. The molecule has 166 valence electrons. The molecule has 0 radical (unpaired) electrons. The van der Waals surface area contributed by atoms with E-state index in [9.17, 15) is 10.1 Å². The zero-order valence-corrected chi connectivity index (χ0v) is 18.8. The Kier molecular flexibility index (Phi) is 5.44. The molecule has 6 nitrogen and oxygen atoms in total. The number of anilines is 1. The molecule has 1 amide bonds. The second-order valence-corrected chi connectivity index (χ2v) is 8.17. The van der Waals surface area contributed by atoms with Crippen molar-refractivity contribution in [1.82, 2.24) is 5.16 Å². The number of aryl methyl sites for hydroxylation is 2. The molecule has 0 aliphatic heterocycles. The first-order chi connectivity index (χ1) is 16.5. The van der Waals surface area contributed by atoms with Gasteiger partial charge in [0.15, 0.2) is 5.58 Å². The Bertz CT molecular complexity index is 1540. The summed E-state index contributed by atoms with van der Waals surface area (Å²) in [7, 11) is 0. The minimum atomic E-state index is -0.348. The van der Waals surface area contributed by atoms with Gasteiger partial charge in [-0.3, -0.25) is 10.1 Å². The number of nitrogens with zero attached hydrogens (tertiary/aromatic N) is 2. The van der Waals surface area contributed by atoms with Gasteiger partial charge in [-0.1, -0.05) is 71.9 Å². The SMILES string of the molecule is Cc1cc(C)c2onc(CC(=O)Nc3oc(-c4ccccc4)c(-c4ccccc4)c3C#N)c2c1. The zero-order valence-electron chi connectivity index (χ0n) is 18.8. The van der Waals surface area contributed by atoms with E-state index < -0.39 is 0 Å². The van der Waals surface area contributed by atoms with Crippen LogP contribution >= 0.6 is 0 Å². The second kappa shape index (κ2) is 8.72. The number of nitriles is 1. The largest absolute Gasteiger partial charge is 0.438 e. The second-order valence-electron chi connectivity index (χ2n) is 8.17. The van der Waals surface area contributed by atoms with E-state index in [0.717, 1.165) is 27.6 Å². The van der Waals surface area contributed by atoms with Crippen molar-refractivity contribution >= 4 is 22.8 Å². The molecule has 1 N–H and O–H groups in total. The number of furan rings is 1. The molecule has 0 saturated heterocycles. The smallest absolute Gasteiger partial charge is 0.232 e. The summed E-state index contributed by atoms with van der Waals surface area (Å²) in [6, 6.07) is 25.2. The number of fused-ring (bicyclic) bond motifs is 1. The molecule has 6 heteroatoms. The molecule has 0 unspecified atom stereocenters. The Hall–Kier alpha value is -4.63. The zero-order chi connectivity index (χ0) is 23.7. The molecule has 0 atom stereocenters. The Labute approximate surface area is 196 Å². The summed E-state index contributed by atoms with van der Waals surface area (Å²) in [6.45, 7) is 3.93. The summed E-state index contributed by atoms with van der Waals surface area (Å²) in [6.07, 6.45) is -0.0111. The van der Waals surface area contributed by atoms with Crippen LogP contribution in [-0.2, 0) is 11.2 Å². The first-order valence-electron chi connectivity index (χ1n) is 10.9. The number of aromatic nitrogens is 1. The number of carbonyl (C=O) groups excluding carboxylic acids is 1. The maximum atomic E-state index is 13.0. The van der Waals surface area contributed by atoms with Crippen LogP contribution in [0.1, 0.15) is 22.4 Å². The van der Waals surface area contributed by atoms with Gasteiger partial charge in [0, 0.05) is 16.5 Å². The van der Waals surface area contributed by atoms with E-state index in [0.29, 0.717) is 22.6 Å². The van der Waals surface area contributed by atoms with Gasteiger partial charge in [0.2, 0.25) is 11.8 Å². The summed E-state index contributed by atoms with van der Waals surface area (Å²) < 4.78 is 11.6. The van der Waals surface area contributed by atoms with Crippen LogP contribution in [0.5, 0.6) is 0 Å². The standard InChI is InChI=1S/C28H21N3O3/c1-17-13-18(2)26-21(14-17)23(31-34-26)15-24(32)30-28-22(16-29)25(19-9-5-3-6-10-19)27(33-28)20-11-7-4-8-12-20/h3-14H,15H2,1-2H3,(H,30,32). The lowest BCUT2D eigenvalue weighted by Crippen LogP contribution is -2.15. The summed E-state index contributed by atoms with van der Waals surface area (Å²) in [5.74, 6) is 0.293. The summed E-state index contributed by atoms with van der Waals surface area (Å²) in [5.41, 5.74) is 5.79. The highest BCUT2D eigenvalue weighted by atomic mass is 16.5. The molecule has 2 aromatic heterocycles. The number of carbonyl (C=O) groups is 1. The third-order valence-corrected chi connectivity index (χ3v) is 5.68. The summed E-state index contributed by atoms with van der Waals surface area (Å²) in [5, 5.41) is 17.7. The number of nitrogens with one attached hydrogen (secondary N) is 1. The minimum absolute atomic E-state index is 0.0111. The molecule has 5 aromatic rings. The van der Waals surface area contributed by atoms with Gasteiger partial charge in [0.25, 0.3) is 0 Å². The molecule has 0 aliphatic carbocycles. The van der Waals surface area contributed by atoms with Gasteiger partial charge in [0.1, 0.15) is 23.1 Å². The predicted octanol–water partition coefficient (Wildman–Crippen LogP) is 6.42. The Morgan fingerprint density at radius 1 is 1.00 bits per heavy atom. The molecule has 0 bridgehead atoms. The highest BCUT2D eigenvalue weighted by Crippen LogP contribution is 2.41. The van der Waals surface area contributed by atoms with Crippen molar-refractivity contribution in [3.05, 3.63) is 95.2 Å². The van der Waals surface area contributed by atoms with Gasteiger partial charge in [-0.25, -0.2) is 0 Å². The molecule has 0 saturated carbocycles. The molecule has 5 rings (SSSR count). The van der Waals surface area contributed by atoms with Gasteiger partial charge in [-0.05, 0) is 36.6 Å². The minimum Gasteiger partial charge on any atom is -0.438 e. The maximum Gasteiger partial charge on any atom is 0.232 e. The molecule has 34 heavy (non-hydrogen) atoms. The van der Waals surface area contributed by atoms with Gasteiger partial charge >= 0.3 is 0 Å². The van der Waals surface area contributed by atoms with Crippen molar-refractivity contribution < 1.29 is 13.7 Å². The van der Waals surface area contributed by atoms with Crippen LogP contribution in [0, 0.1) is 25.2 Å². The third kappa shape index (κ3) is 3.84. The number of amides is 1. The Morgan fingerprint density at radius 3 is 2.35 bits per heavy atom. The normalized spacial score (nSPS) is 10.9. The van der Waals surface area contributed by atoms with Gasteiger partial charge in [-0.15, -0.1) is 0 Å². The van der Waals surface area contributed by atoms with E-state index in [1.54, 1.807) is 0 Å². The van der Waals surface area contributed by atoms with E-state index in [4.69, 9.17) is 8.94 Å². The molecule has 2 heterocycles. The average molecular weight is 447 g/mol. The van der Waals surface area contributed by atoms with Crippen LogP contribution in [0.2, 0.25) is 0 Å². The van der Waals surface area contributed by atoms with Crippen molar-refractivity contribution in [2.75, 3.05) is 5.32 Å². The number of hydrogen-bond acceptors (Lipinski definition) is 5. The van der Waals surface area contributed by atoms with Crippen LogP contribution in [0.15, 0.2) is 81.7 Å². The molecule has 0 aliphatic rings. The first-order valence-corrected chi connectivity index (χ1v) is 10.9. The predicted molar refractivity (Wildman–Crippen MR) is 130 cm³/mol. The summed E-state index contributed by atoms with van der Waals surface area (Å²) in [4.78, 5) is 13.0. The van der Waals surface area contributed by atoms with E-state index in [-0.39, 0.29) is 23.8 Å². The van der Waals surface area contributed by atoms with E-state index in [1.807, 2.05) is 86.6 Å². The highest BCUT2D eigenvalue weighted by Gasteiger charge is 2.25. The Morgan fingerprint density at radius 2 is 1.68 bits per heavy atom. The number of rotatable bonds is 5. The van der Waals surface area contributed by atoms with Crippen LogP contribution in [0.3, 0.4) is 0 Å². The lowest BCUT2D eigenvalue weighted by molar-refractivity contribution is -0.115. The molecular formula is C28H21N3O3. The fourth-order valence-corrected chi connectivity index (χ4v) is 4.19. The van der Waals surface area contributed by atoms with Crippen molar-refractivity contribution in [2.24, 2.45) is 0 Å². The van der Waals surface area contributed by atoms with E-state index in [1.165, 1.54) is 0 Å². The number of hydrogen-bond donors (Lipinski definition) is 1. The van der Waals surface area contributed by atoms with Crippen LogP contribution in [-0.4, -0.2) is 11.1 Å². The molecule has 0 fully saturated rings. The van der Waals surface area contributed by atoms with Crippen LogP contribution < -0.4 is 5.32 Å². The van der Waals surface area contributed by atoms with Crippen molar-refractivity contribution in [2.45, 2.75) is 20.3 Å². The fourth-order valence-electron chi connectivity index (χ4n) is 4.19. The van der Waals surface area contributed by atoms with Crippen molar-refractivity contribution in [3.8, 4) is 28.5 Å².